The van der Waals surface area contributed by atoms with Crippen LogP contribution in [0.4, 0.5) is 5.69 Å². The molecule has 6 heteroatoms. The first-order chi connectivity index (χ1) is 10.1. The number of aromatic nitrogens is 2. The Hall–Kier alpha value is -2.03. The number of benzene rings is 1. The highest BCUT2D eigenvalue weighted by atomic mass is 35.5. The Labute approximate surface area is 131 Å². The van der Waals surface area contributed by atoms with E-state index < -0.39 is 0 Å². The van der Waals surface area contributed by atoms with E-state index in [1.807, 2.05) is 13.0 Å². The van der Waals surface area contributed by atoms with Crippen molar-refractivity contribution in [3.05, 3.63) is 51.2 Å². The van der Waals surface area contributed by atoms with Gasteiger partial charge in [-0.05, 0) is 32.0 Å². The van der Waals surface area contributed by atoms with Crippen LogP contribution in [-0.2, 0) is 6.54 Å². The molecule has 0 radical (unpaired) electrons. The van der Waals surface area contributed by atoms with Crippen molar-refractivity contribution < 1.29 is 0 Å². The number of hydrogen-bond acceptors (Lipinski definition) is 4. The van der Waals surface area contributed by atoms with Gasteiger partial charge in [-0.25, -0.2) is 4.98 Å². The summed E-state index contributed by atoms with van der Waals surface area (Å²) in [6.45, 7) is 4.73. The number of fused-ring (bicyclic) bond motifs is 1. The molecule has 4 nitrogen and oxygen atoms in total. The molecule has 0 aliphatic carbocycles. The monoisotopic (exact) mass is 316 g/mol. The minimum absolute atomic E-state index is 0.472. The van der Waals surface area contributed by atoms with Gasteiger partial charge in [0.15, 0.2) is 4.96 Å². The Balaban J connectivity index is 1.86. The van der Waals surface area contributed by atoms with E-state index in [0.29, 0.717) is 17.1 Å². The zero-order valence-corrected chi connectivity index (χ0v) is 13.2. The normalized spacial score (nSPS) is 10.8. The second kappa shape index (κ2) is 5.40. The first-order valence-corrected chi connectivity index (χ1v) is 7.65. The molecule has 0 unspecified atom stereocenters. The maximum absolute atomic E-state index is 9.01. The Morgan fingerprint density at radius 2 is 2.24 bits per heavy atom. The number of rotatable bonds is 3. The van der Waals surface area contributed by atoms with Crippen molar-refractivity contribution in [3.63, 3.8) is 0 Å². The molecule has 0 fully saturated rings. The van der Waals surface area contributed by atoms with Crippen LogP contribution >= 0.6 is 22.9 Å². The highest BCUT2D eigenvalue weighted by Crippen LogP contribution is 2.23. The molecular formula is C15H13ClN4S. The van der Waals surface area contributed by atoms with Crippen molar-refractivity contribution in [2.75, 3.05) is 5.32 Å². The Bertz CT molecular complexity index is 857. The lowest BCUT2D eigenvalue weighted by molar-refractivity contribution is 0.991. The smallest absolute Gasteiger partial charge is 0.194 e. The van der Waals surface area contributed by atoms with Crippen LogP contribution in [-0.4, -0.2) is 9.38 Å². The number of nitrogens with one attached hydrogen (secondary N) is 1. The van der Waals surface area contributed by atoms with Crippen molar-refractivity contribution in [3.8, 4) is 6.07 Å². The van der Waals surface area contributed by atoms with E-state index in [-0.39, 0.29) is 0 Å². The van der Waals surface area contributed by atoms with Crippen molar-refractivity contribution in [2.24, 2.45) is 0 Å². The van der Waals surface area contributed by atoms with Gasteiger partial charge in [-0.3, -0.25) is 4.40 Å². The standard InChI is InChI=1S/C15H13ClN4S/c1-9-8-20-14(10(2)19-15(20)21-9)7-18-12-3-4-13(16)11(5-12)6-17/h3-5,8,18H,7H2,1-2H3. The average molecular weight is 317 g/mol. The number of hydrogen-bond donors (Lipinski definition) is 1. The molecule has 21 heavy (non-hydrogen) atoms. The lowest BCUT2D eigenvalue weighted by Gasteiger charge is -2.07. The first kappa shape index (κ1) is 13.9. The zero-order valence-electron chi connectivity index (χ0n) is 11.6. The molecule has 106 valence electrons. The molecule has 2 heterocycles. The molecule has 0 aliphatic heterocycles. The van der Waals surface area contributed by atoms with Crippen LogP contribution in [0.15, 0.2) is 24.4 Å². The summed E-state index contributed by atoms with van der Waals surface area (Å²) in [6, 6.07) is 7.45. The number of thiazole rings is 1. The van der Waals surface area contributed by atoms with Gasteiger partial charge in [0, 0.05) is 16.8 Å². The number of nitriles is 1. The molecule has 0 saturated carbocycles. The first-order valence-electron chi connectivity index (χ1n) is 6.46. The van der Waals surface area contributed by atoms with Crippen LogP contribution in [0.25, 0.3) is 4.96 Å². The molecule has 2 aromatic heterocycles. The summed E-state index contributed by atoms with van der Waals surface area (Å²) in [7, 11) is 0. The summed E-state index contributed by atoms with van der Waals surface area (Å²) in [5.41, 5.74) is 3.49. The molecule has 0 spiro atoms. The Morgan fingerprint density at radius 1 is 1.43 bits per heavy atom. The van der Waals surface area contributed by atoms with Crippen molar-refractivity contribution in [1.29, 1.82) is 5.26 Å². The quantitative estimate of drug-likeness (QED) is 0.789. The van der Waals surface area contributed by atoms with E-state index in [4.69, 9.17) is 16.9 Å². The number of nitrogens with zero attached hydrogens (tertiary/aromatic N) is 3. The van der Waals surface area contributed by atoms with Crippen LogP contribution < -0.4 is 5.32 Å². The molecule has 0 amide bonds. The van der Waals surface area contributed by atoms with E-state index >= 15 is 0 Å². The molecular weight excluding hydrogens is 304 g/mol. The number of aryl methyl sites for hydroxylation is 2. The molecule has 1 N–H and O–H groups in total. The summed E-state index contributed by atoms with van der Waals surface area (Å²) in [6.07, 6.45) is 2.10. The van der Waals surface area contributed by atoms with E-state index in [2.05, 4.69) is 33.9 Å². The van der Waals surface area contributed by atoms with Crippen molar-refractivity contribution in [1.82, 2.24) is 9.38 Å². The Kier molecular flexibility index (Phi) is 3.58. The van der Waals surface area contributed by atoms with Crippen molar-refractivity contribution in [2.45, 2.75) is 20.4 Å². The third-order valence-corrected chi connectivity index (χ3v) is 4.52. The summed E-state index contributed by atoms with van der Waals surface area (Å²) in [5.74, 6) is 0. The SMILES string of the molecule is Cc1cn2c(CNc3ccc(Cl)c(C#N)c3)c(C)nc2s1. The minimum atomic E-state index is 0.472. The lowest BCUT2D eigenvalue weighted by atomic mass is 10.2. The molecule has 0 bridgehead atoms. The zero-order chi connectivity index (χ0) is 15.0. The fraction of sp³-hybridized carbons (Fsp3) is 0.200. The van der Waals surface area contributed by atoms with Crippen LogP contribution in [0.1, 0.15) is 21.8 Å². The fourth-order valence-corrected chi connectivity index (χ4v) is 3.28. The number of anilines is 1. The van der Waals surface area contributed by atoms with Crippen LogP contribution in [0.5, 0.6) is 0 Å². The van der Waals surface area contributed by atoms with Gasteiger partial charge in [-0.15, -0.1) is 11.3 Å². The Morgan fingerprint density at radius 3 is 3.00 bits per heavy atom. The summed E-state index contributed by atoms with van der Waals surface area (Å²) < 4.78 is 2.11. The van der Waals surface area contributed by atoms with E-state index in [9.17, 15) is 0 Å². The van der Waals surface area contributed by atoms with Crippen molar-refractivity contribution >= 4 is 33.6 Å². The van der Waals surface area contributed by atoms with Crippen LogP contribution in [0, 0.1) is 25.2 Å². The summed E-state index contributed by atoms with van der Waals surface area (Å²) >= 11 is 7.62. The van der Waals surface area contributed by atoms with Gasteiger partial charge in [0.05, 0.1) is 28.5 Å². The average Bonchev–Trinajstić information content (AvgIpc) is 2.93. The molecule has 0 aliphatic rings. The summed E-state index contributed by atoms with van der Waals surface area (Å²) in [4.78, 5) is 6.81. The second-order valence-corrected chi connectivity index (χ2v) is 6.42. The number of halogens is 1. The molecule has 1 aromatic carbocycles. The van der Waals surface area contributed by atoms with Crippen LogP contribution in [0.2, 0.25) is 5.02 Å². The predicted octanol–water partition coefficient (Wildman–Crippen LogP) is 4.15. The van der Waals surface area contributed by atoms with E-state index in [1.54, 1.807) is 23.5 Å². The highest BCUT2D eigenvalue weighted by Gasteiger charge is 2.11. The third kappa shape index (κ3) is 2.60. The van der Waals surface area contributed by atoms with Gasteiger partial charge >= 0.3 is 0 Å². The lowest BCUT2D eigenvalue weighted by Crippen LogP contribution is -2.03. The molecule has 3 rings (SSSR count). The topological polar surface area (TPSA) is 53.1 Å². The van der Waals surface area contributed by atoms with Gasteiger partial charge in [0.2, 0.25) is 0 Å². The van der Waals surface area contributed by atoms with Gasteiger partial charge in [0.25, 0.3) is 0 Å². The van der Waals surface area contributed by atoms with E-state index in [1.165, 1.54) is 4.88 Å². The maximum Gasteiger partial charge on any atom is 0.194 e. The number of imidazole rings is 1. The second-order valence-electron chi connectivity index (χ2n) is 4.80. The largest absolute Gasteiger partial charge is 0.379 e. The third-order valence-electron chi connectivity index (χ3n) is 3.29. The fourth-order valence-electron chi connectivity index (χ4n) is 2.23. The van der Waals surface area contributed by atoms with Gasteiger partial charge in [-0.1, -0.05) is 11.6 Å². The van der Waals surface area contributed by atoms with Crippen LogP contribution in [0.3, 0.4) is 0 Å². The van der Waals surface area contributed by atoms with E-state index in [0.717, 1.165) is 22.0 Å². The van der Waals surface area contributed by atoms with Gasteiger partial charge in [0.1, 0.15) is 6.07 Å². The summed E-state index contributed by atoms with van der Waals surface area (Å²) in [5, 5.41) is 12.8. The van der Waals surface area contributed by atoms with Gasteiger partial charge < -0.3 is 5.32 Å². The molecule has 3 aromatic rings. The molecule has 0 saturated heterocycles. The highest BCUT2D eigenvalue weighted by molar-refractivity contribution is 7.17. The molecule has 0 atom stereocenters. The predicted molar refractivity (Wildman–Crippen MR) is 86.0 cm³/mol. The maximum atomic E-state index is 9.01. The van der Waals surface area contributed by atoms with Gasteiger partial charge in [-0.2, -0.15) is 5.26 Å². The minimum Gasteiger partial charge on any atom is -0.379 e.